The number of anilines is 3. The molecule has 0 aliphatic carbocycles. The minimum absolute atomic E-state index is 0.537. The van der Waals surface area contributed by atoms with Crippen molar-refractivity contribution in [2.45, 2.75) is 52.1 Å². The van der Waals surface area contributed by atoms with Crippen molar-refractivity contribution in [1.29, 1.82) is 0 Å². The Bertz CT molecular complexity index is 1450. The highest BCUT2D eigenvalue weighted by atomic mass is 16.3. The van der Waals surface area contributed by atoms with E-state index >= 15 is 0 Å². The highest BCUT2D eigenvalue weighted by Crippen LogP contribution is 2.42. The zero-order valence-corrected chi connectivity index (χ0v) is 23.5. The molecular formula is C31H39N7O. The van der Waals surface area contributed by atoms with Gasteiger partial charge >= 0.3 is 0 Å². The van der Waals surface area contributed by atoms with E-state index in [0.717, 1.165) is 41.3 Å². The Kier molecular flexibility index (Phi) is 6.55. The predicted octanol–water partition coefficient (Wildman–Crippen LogP) is 5.41. The number of rotatable bonds is 5. The van der Waals surface area contributed by atoms with Gasteiger partial charge in [0.15, 0.2) is 5.65 Å². The van der Waals surface area contributed by atoms with E-state index in [1.165, 1.54) is 44.5 Å². The van der Waals surface area contributed by atoms with Crippen molar-refractivity contribution in [2.24, 2.45) is 5.41 Å². The van der Waals surface area contributed by atoms with E-state index in [4.69, 9.17) is 9.97 Å². The Balaban J connectivity index is 1.18. The molecule has 8 heteroatoms. The molecule has 3 aromatic heterocycles. The highest BCUT2D eigenvalue weighted by molar-refractivity contribution is 5.80. The third-order valence-corrected chi connectivity index (χ3v) is 8.68. The average molecular weight is 526 g/mol. The van der Waals surface area contributed by atoms with Crippen molar-refractivity contribution >= 4 is 28.4 Å². The maximum atomic E-state index is 10.5. The summed E-state index contributed by atoms with van der Waals surface area (Å²) in [4.78, 5) is 19.1. The van der Waals surface area contributed by atoms with E-state index in [9.17, 15) is 5.11 Å². The average Bonchev–Trinajstić information content (AvgIpc) is 3.26. The van der Waals surface area contributed by atoms with Crippen LogP contribution in [0.4, 0.5) is 17.3 Å². The summed E-state index contributed by atoms with van der Waals surface area (Å²) in [7, 11) is 2.24. The van der Waals surface area contributed by atoms with E-state index in [2.05, 4.69) is 57.5 Å². The van der Waals surface area contributed by atoms with Crippen LogP contribution in [0.25, 0.3) is 16.9 Å². The van der Waals surface area contributed by atoms with Gasteiger partial charge in [0, 0.05) is 41.7 Å². The van der Waals surface area contributed by atoms with Crippen LogP contribution in [0, 0.1) is 12.3 Å². The van der Waals surface area contributed by atoms with Gasteiger partial charge in [-0.05, 0) is 114 Å². The minimum Gasteiger partial charge on any atom is -0.384 e. The molecule has 2 aliphatic heterocycles. The molecular weight excluding hydrogens is 486 g/mol. The molecule has 0 amide bonds. The second-order valence-electron chi connectivity index (χ2n) is 12.0. The molecule has 4 aromatic rings. The van der Waals surface area contributed by atoms with Gasteiger partial charge in [-0.15, -0.1) is 0 Å². The molecule has 8 nitrogen and oxygen atoms in total. The van der Waals surface area contributed by atoms with Gasteiger partial charge in [0.05, 0.1) is 5.69 Å². The number of nitrogens with one attached hydrogen (secondary N) is 1. The fourth-order valence-corrected chi connectivity index (χ4v) is 6.07. The van der Waals surface area contributed by atoms with Crippen LogP contribution < -0.4 is 10.2 Å². The Hall–Kier alpha value is -3.49. The number of piperidine rings is 2. The number of aryl methyl sites for hydroxylation is 1. The van der Waals surface area contributed by atoms with Crippen LogP contribution in [0.3, 0.4) is 0 Å². The third-order valence-electron chi connectivity index (χ3n) is 8.68. The third kappa shape index (κ3) is 5.23. The van der Waals surface area contributed by atoms with E-state index in [0.29, 0.717) is 17.1 Å². The van der Waals surface area contributed by atoms with Gasteiger partial charge in [0.25, 0.3) is 0 Å². The number of fused-ring (bicyclic) bond motifs is 1. The topological polar surface area (TPSA) is 82.3 Å². The number of aliphatic hydroxyl groups is 1. The molecule has 1 spiro atoms. The monoisotopic (exact) mass is 525 g/mol. The first kappa shape index (κ1) is 25.8. The lowest BCUT2D eigenvalue weighted by Gasteiger charge is -2.46. The number of hydrogen-bond acceptors (Lipinski definition) is 7. The molecule has 39 heavy (non-hydrogen) atoms. The maximum absolute atomic E-state index is 10.5. The van der Waals surface area contributed by atoms with Crippen molar-refractivity contribution in [3.05, 3.63) is 66.1 Å². The van der Waals surface area contributed by atoms with Crippen LogP contribution >= 0.6 is 0 Å². The van der Waals surface area contributed by atoms with Crippen molar-refractivity contribution in [3.8, 4) is 5.82 Å². The first-order valence-corrected chi connectivity index (χ1v) is 14.1. The molecule has 2 fully saturated rings. The van der Waals surface area contributed by atoms with Crippen LogP contribution in [-0.4, -0.2) is 62.8 Å². The summed E-state index contributed by atoms with van der Waals surface area (Å²) in [6.45, 7) is 10.3. The number of hydrogen-bond donors (Lipinski definition) is 2. The van der Waals surface area contributed by atoms with Crippen LogP contribution in [0.15, 0.2) is 54.7 Å². The van der Waals surface area contributed by atoms with Gasteiger partial charge in [0.1, 0.15) is 11.4 Å². The van der Waals surface area contributed by atoms with Gasteiger partial charge in [-0.1, -0.05) is 6.07 Å². The smallest absolute Gasteiger partial charge is 0.229 e. The quantitative estimate of drug-likeness (QED) is 0.361. The van der Waals surface area contributed by atoms with Gasteiger partial charge in [-0.25, -0.2) is 9.97 Å². The Morgan fingerprint density at radius 1 is 0.923 bits per heavy atom. The van der Waals surface area contributed by atoms with E-state index in [1.54, 1.807) is 13.8 Å². The Morgan fingerprint density at radius 3 is 2.31 bits per heavy atom. The Labute approximate surface area is 230 Å². The lowest BCUT2D eigenvalue weighted by molar-refractivity contribution is 0.0738. The van der Waals surface area contributed by atoms with E-state index < -0.39 is 5.60 Å². The summed E-state index contributed by atoms with van der Waals surface area (Å²) < 4.78 is 2.01. The molecule has 1 aromatic carbocycles. The SMILES string of the molecule is Cc1cc2cnc(Nc3ccc(N4CCC5(CCN(C)CC5)CC4)cc3)nc2n1-c1cccc(C(C)(C)O)n1. The molecule has 0 unspecified atom stereocenters. The molecule has 0 radical (unpaired) electrons. The standard InChI is InChI=1S/C31H39N7O/c1-22-20-23-21-32-29(35-28(23)38(22)27-7-5-6-26(34-27)30(2,3)39)33-24-8-10-25(11-9-24)37-18-14-31(15-19-37)12-16-36(4)17-13-31/h5-11,20-21,39H,12-19H2,1-4H3,(H,32,33,35). The summed E-state index contributed by atoms with van der Waals surface area (Å²) in [6.07, 6.45) is 7.11. The molecule has 204 valence electrons. The van der Waals surface area contributed by atoms with Crippen molar-refractivity contribution in [2.75, 3.05) is 43.4 Å². The number of nitrogens with zero attached hydrogens (tertiary/aromatic N) is 6. The zero-order chi connectivity index (χ0) is 27.2. The lowest BCUT2D eigenvalue weighted by Crippen LogP contribution is -2.46. The minimum atomic E-state index is -1.02. The van der Waals surface area contributed by atoms with Crippen LogP contribution in [0.2, 0.25) is 0 Å². The van der Waals surface area contributed by atoms with Crippen molar-refractivity contribution in [1.82, 2.24) is 24.4 Å². The first-order valence-electron chi connectivity index (χ1n) is 14.1. The largest absolute Gasteiger partial charge is 0.384 e. The highest BCUT2D eigenvalue weighted by Gasteiger charge is 2.36. The molecule has 0 saturated carbocycles. The van der Waals surface area contributed by atoms with Crippen molar-refractivity contribution < 1.29 is 5.11 Å². The second kappa shape index (κ2) is 9.92. The second-order valence-corrected chi connectivity index (χ2v) is 12.0. The molecule has 6 rings (SSSR count). The number of benzene rings is 1. The maximum Gasteiger partial charge on any atom is 0.229 e. The van der Waals surface area contributed by atoms with Gasteiger partial charge < -0.3 is 20.2 Å². The molecule has 2 aliphatic rings. The normalized spacial score (nSPS) is 18.1. The fraction of sp³-hybridized carbons (Fsp3) is 0.452. The van der Waals surface area contributed by atoms with E-state index in [-0.39, 0.29) is 0 Å². The number of pyridine rings is 1. The summed E-state index contributed by atoms with van der Waals surface area (Å²) >= 11 is 0. The van der Waals surface area contributed by atoms with Crippen LogP contribution in [0.5, 0.6) is 0 Å². The van der Waals surface area contributed by atoms with Crippen LogP contribution in [0.1, 0.15) is 50.9 Å². The zero-order valence-electron chi connectivity index (χ0n) is 23.5. The summed E-state index contributed by atoms with van der Waals surface area (Å²) in [5.41, 5.74) is 4.16. The van der Waals surface area contributed by atoms with Crippen molar-refractivity contribution in [3.63, 3.8) is 0 Å². The summed E-state index contributed by atoms with van der Waals surface area (Å²) in [5, 5.41) is 14.8. The van der Waals surface area contributed by atoms with Crippen LogP contribution in [-0.2, 0) is 5.60 Å². The van der Waals surface area contributed by atoms with Gasteiger partial charge in [-0.3, -0.25) is 4.57 Å². The summed E-state index contributed by atoms with van der Waals surface area (Å²) in [5.74, 6) is 1.26. The number of aromatic nitrogens is 4. The Morgan fingerprint density at radius 2 is 1.62 bits per heavy atom. The predicted molar refractivity (Wildman–Crippen MR) is 157 cm³/mol. The molecule has 2 N–H and O–H groups in total. The molecule has 2 saturated heterocycles. The summed E-state index contributed by atoms with van der Waals surface area (Å²) in [6, 6.07) is 16.4. The molecule has 0 atom stereocenters. The van der Waals surface area contributed by atoms with Gasteiger partial charge in [0.2, 0.25) is 5.95 Å². The van der Waals surface area contributed by atoms with E-state index in [1.807, 2.05) is 35.9 Å². The first-order chi connectivity index (χ1) is 18.7. The molecule has 5 heterocycles. The fourth-order valence-electron chi connectivity index (χ4n) is 6.07. The molecule has 0 bridgehead atoms. The lowest BCUT2D eigenvalue weighted by atomic mass is 9.71. The van der Waals surface area contributed by atoms with Gasteiger partial charge in [-0.2, -0.15) is 4.98 Å². The number of likely N-dealkylation sites (tertiary alicyclic amines) is 1.